The maximum Gasteiger partial charge on any atom is 0.347 e. The lowest BCUT2D eigenvalue weighted by Crippen LogP contribution is -2.29. The molecule has 1 unspecified atom stereocenters. The largest absolute Gasteiger partial charge is 0.481 e. The molecular formula is C14H20N2O4. The number of carboxylic acids is 1. The van der Waals surface area contributed by atoms with Gasteiger partial charge in [-0.2, -0.15) is 4.98 Å². The van der Waals surface area contributed by atoms with Crippen LogP contribution in [-0.2, 0) is 22.5 Å². The SMILES string of the molecule is Cc1nc(=O)n(CCC2CCCO2)c(C)c1CC(=O)O. The smallest absolute Gasteiger partial charge is 0.347 e. The molecule has 0 aromatic carbocycles. The first kappa shape index (κ1) is 14.7. The Kier molecular flexibility index (Phi) is 4.54. The predicted octanol–water partition coefficient (Wildman–Crippen LogP) is 1.06. The van der Waals surface area contributed by atoms with Gasteiger partial charge in [0.05, 0.1) is 12.5 Å². The predicted molar refractivity (Wildman–Crippen MR) is 72.9 cm³/mol. The van der Waals surface area contributed by atoms with Gasteiger partial charge in [0.1, 0.15) is 0 Å². The monoisotopic (exact) mass is 280 g/mol. The van der Waals surface area contributed by atoms with Crippen molar-refractivity contribution in [1.29, 1.82) is 0 Å². The fraction of sp³-hybridized carbons (Fsp3) is 0.643. The van der Waals surface area contributed by atoms with Crippen molar-refractivity contribution < 1.29 is 14.6 Å². The van der Waals surface area contributed by atoms with Crippen LogP contribution in [0.15, 0.2) is 4.79 Å². The molecule has 1 aromatic rings. The number of aryl methyl sites for hydroxylation is 1. The molecule has 6 heteroatoms. The molecule has 0 spiro atoms. The van der Waals surface area contributed by atoms with E-state index in [0.29, 0.717) is 23.5 Å². The molecule has 1 fully saturated rings. The van der Waals surface area contributed by atoms with E-state index in [9.17, 15) is 9.59 Å². The minimum Gasteiger partial charge on any atom is -0.481 e. The Morgan fingerprint density at radius 2 is 2.25 bits per heavy atom. The van der Waals surface area contributed by atoms with E-state index in [0.717, 1.165) is 25.9 Å². The molecule has 110 valence electrons. The van der Waals surface area contributed by atoms with Crippen LogP contribution < -0.4 is 5.69 Å². The summed E-state index contributed by atoms with van der Waals surface area (Å²) in [4.78, 5) is 26.8. The van der Waals surface area contributed by atoms with Gasteiger partial charge in [-0.05, 0) is 33.1 Å². The molecule has 2 rings (SSSR count). The second-order valence-corrected chi connectivity index (χ2v) is 5.19. The van der Waals surface area contributed by atoms with Gasteiger partial charge in [0.2, 0.25) is 0 Å². The van der Waals surface area contributed by atoms with Crippen LogP contribution in [0.1, 0.15) is 36.2 Å². The Balaban J connectivity index is 2.22. The van der Waals surface area contributed by atoms with E-state index in [4.69, 9.17) is 9.84 Å². The third kappa shape index (κ3) is 3.25. The zero-order chi connectivity index (χ0) is 14.7. The standard InChI is InChI=1S/C14H20N2O4/c1-9-12(8-13(17)18)10(2)16(14(19)15-9)6-5-11-4-3-7-20-11/h11H,3-8H2,1-2H3,(H,17,18). The van der Waals surface area contributed by atoms with Crippen molar-refractivity contribution in [3.05, 3.63) is 27.4 Å². The van der Waals surface area contributed by atoms with Crippen LogP contribution in [0.5, 0.6) is 0 Å². The lowest BCUT2D eigenvalue weighted by molar-refractivity contribution is -0.136. The molecule has 1 N–H and O–H groups in total. The Morgan fingerprint density at radius 1 is 1.50 bits per heavy atom. The summed E-state index contributed by atoms with van der Waals surface area (Å²) in [6.07, 6.45) is 2.94. The maximum atomic E-state index is 12.0. The lowest BCUT2D eigenvalue weighted by atomic mass is 10.1. The number of aliphatic carboxylic acids is 1. The molecule has 0 aliphatic carbocycles. The van der Waals surface area contributed by atoms with E-state index in [1.807, 2.05) is 0 Å². The first-order chi connectivity index (χ1) is 9.49. The van der Waals surface area contributed by atoms with Crippen LogP contribution in [0, 0.1) is 13.8 Å². The van der Waals surface area contributed by atoms with Crippen LogP contribution in [0.2, 0.25) is 0 Å². The van der Waals surface area contributed by atoms with Gasteiger partial charge in [-0.3, -0.25) is 9.36 Å². The highest BCUT2D eigenvalue weighted by Gasteiger charge is 2.18. The summed E-state index contributed by atoms with van der Waals surface area (Å²) in [5.74, 6) is -0.915. The van der Waals surface area contributed by atoms with Gasteiger partial charge in [0.25, 0.3) is 0 Å². The Morgan fingerprint density at radius 3 is 2.85 bits per heavy atom. The molecule has 1 saturated heterocycles. The van der Waals surface area contributed by atoms with Gasteiger partial charge in [0, 0.05) is 30.1 Å². The molecule has 0 bridgehead atoms. The van der Waals surface area contributed by atoms with Gasteiger partial charge < -0.3 is 9.84 Å². The summed E-state index contributed by atoms with van der Waals surface area (Å²) < 4.78 is 7.11. The molecule has 1 aliphatic rings. The van der Waals surface area contributed by atoms with Crippen LogP contribution in [0.4, 0.5) is 0 Å². The molecule has 1 aromatic heterocycles. The maximum absolute atomic E-state index is 12.0. The normalized spacial score (nSPS) is 18.4. The summed E-state index contributed by atoms with van der Waals surface area (Å²) in [6.45, 7) is 4.77. The highest BCUT2D eigenvalue weighted by molar-refractivity contribution is 5.70. The molecule has 1 aliphatic heterocycles. The van der Waals surface area contributed by atoms with Gasteiger partial charge in [-0.15, -0.1) is 0 Å². The van der Waals surface area contributed by atoms with E-state index >= 15 is 0 Å². The van der Waals surface area contributed by atoms with Crippen molar-refractivity contribution in [1.82, 2.24) is 9.55 Å². The van der Waals surface area contributed by atoms with Crippen LogP contribution >= 0.6 is 0 Å². The molecule has 2 heterocycles. The Hall–Kier alpha value is -1.69. The van der Waals surface area contributed by atoms with E-state index in [2.05, 4.69) is 4.98 Å². The second-order valence-electron chi connectivity index (χ2n) is 5.19. The number of rotatable bonds is 5. The summed E-state index contributed by atoms with van der Waals surface area (Å²) in [6, 6.07) is 0. The summed E-state index contributed by atoms with van der Waals surface area (Å²) in [5, 5.41) is 8.94. The number of hydrogen-bond donors (Lipinski definition) is 1. The van der Waals surface area contributed by atoms with E-state index in [1.54, 1.807) is 18.4 Å². The number of carbonyl (C=O) groups is 1. The number of nitrogens with zero attached hydrogens (tertiary/aromatic N) is 2. The summed E-state index contributed by atoms with van der Waals surface area (Å²) in [5.41, 5.74) is 1.52. The molecular weight excluding hydrogens is 260 g/mol. The molecule has 6 nitrogen and oxygen atoms in total. The molecule has 1 atom stereocenters. The molecule has 0 amide bonds. The quantitative estimate of drug-likeness (QED) is 0.872. The minimum absolute atomic E-state index is 0.106. The Labute approximate surface area is 117 Å². The zero-order valence-corrected chi connectivity index (χ0v) is 11.9. The first-order valence-electron chi connectivity index (χ1n) is 6.89. The van der Waals surface area contributed by atoms with Crippen molar-refractivity contribution in [3.63, 3.8) is 0 Å². The molecule has 0 saturated carbocycles. The van der Waals surface area contributed by atoms with Crippen molar-refractivity contribution in [2.45, 2.75) is 52.2 Å². The minimum atomic E-state index is -0.915. The Bertz CT molecular complexity index is 559. The van der Waals surface area contributed by atoms with Gasteiger partial charge in [-0.1, -0.05) is 0 Å². The summed E-state index contributed by atoms with van der Waals surface area (Å²) >= 11 is 0. The van der Waals surface area contributed by atoms with Crippen LogP contribution in [-0.4, -0.2) is 33.3 Å². The summed E-state index contributed by atoms with van der Waals surface area (Å²) in [7, 11) is 0. The van der Waals surface area contributed by atoms with E-state index in [-0.39, 0.29) is 18.2 Å². The number of aromatic nitrogens is 2. The topological polar surface area (TPSA) is 81.4 Å². The average molecular weight is 280 g/mol. The lowest BCUT2D eigenvalue weighted by Gasteiger charge is -2.16. The van der Waals surface area contributed by atoms with Crippen molar-refractivity contribution in [2.24, 2.45) is 0 Å². The number of hydrogen-bond acceptors (Lipinski definition) is 4. The third-order valence-corrected chi connectivity index (χ3v) is 3.80. The first-order valence-corrected chi connectivity index (χ1v) is 6.89. The average Bonchev–Trinajstić information content (AvgIpc) is 2.87. The highest BCUT2D eigenvalue weighted by Crippen LogP contribution is 2.17. The second kappa shape index (κ2) is 6.17. The van der Waals surface area contributed by atoms with Crippen LogP contribution in [0.25, 0.3) is 0 Å². The van der Waals surface area contributed by atoms with E-state index in [1.165, 1.54) is 0 Å². The van der Waals surface area contributed by atoms with E-state index < -0.39 is 5.97 Å². The zero-order valence-electron chi connectivity index (χ0n) is 11.9. The van der Waals surface area contributed by atoms with Gasteiger partial charge in [0.15, 0.2) is 0 Å². The number of carboxylic acid groups (broad SMARTS) is 1. The highest BCUT2D eigenvalue weighted by atomic mass is 16.5. The van der Waals surface area contributed by atoms with Crippen molar-refractivity contribution in [3.8, 4) is 0 Å². The van der Waals surface area contributed by atoms with Crippen LogP contribution in [0.3, 0.4) is 0 Å². The van der Waals surface area contributed by atoms with Gasteiger partial charge in [-0.25, -0.2) is 4.79 Å². The van der Waals surface area contributed by atoms with Crippen molar-refractivity contribution >= 4 is 5.97 Å². The fourth-order valence-electron chi connectivity index (χ4n) is 2.65. The van der Waals surface area contributed by atoms with Gasteiger partial charge >= 0.3 is 11.7 Å². The van der Waals surface area contributed by atoms with Crippen molar-refractivity contribution in [2.75, 3.05) is 6.61 Å². The fourth-order valence-corrected chi connectivity index (χ4v) is 2.65. The molecule has 0 radical (unpaired) electrons. The number of ether oxygens (including phenoxy) is 1. The molecule has 20 heavy (non-hydrogen) atoms. The third-order valence-electron chi connectivity index (χ3n) is 3.80.